The molecule has 262 valence electrons. The summed E-state index contributed by atoms with van der Waals surface area (Å²) >= 11 is 0. The standard InChI is InChI=1S/C41H64N2O4/c1-2-3-4-5-6-7-8-9-10-11-12-14-17-23-40(45)42-37-22-20-21-36(30-37)41-46-38(32-43-28-18-15-13-16-19-29-43)31-39(47-41)35-26-24-34(33-44)25-27-35/h20-22,24-27,30,38-39,41,44H,2-19,23,28-29,31-33H2,1H3,(H,42,45). The Labute approximate surface area is 286 Å². The molecule has 2 aromatic carbocycles. The molecule has 2 aliphatic rings. The molecule has 2 fully saturated rings. The Hall–Kier alpha value is -2.25. The number of amides is 1. The number of hydrogen-bond donors (Lipinski definition) is 2. The van der Waals surface area contributed by atoms with E-state index in [1.807, 2.05) is 36.4 Å². The van der Waals surface area contributed by atoms with Crippen LogP contribution in [0.25, 0.3) is 0 Å². The lowest BCUT2D eigenvalue weighted by molar-refractivity contribution is -0.253. The van der Waals surface area contributed by atoms with Crippen molar-refractivity contribution in [3.63, 3.8) is 0 Å². The molecular formula is C41H64N2O4. The fourth-order valence-electron chi connectivity index (χ4n) is 7.11. The Bertz CT molecular complexity index is 1110. The maximum Gasteiger partial charge on any atom is 0.224 e. The van der Waals surface area contributed by atoms with Crippen LogP contribution in [-0.4, -0.2) is 41.7 Å². The highest BCUT2D eigenvalue weighted by molar-refractivity contribution is 5.90. The molecule has 0 radical (unpaired) electrons. The summed E-state index contributed by atoms with van der Waals surface area (Å²) in [6.07, 6.45) is 24.2. The molecule has 0 bridgehead atoms. The molecule has 0 spiro atoms. The first kappa shape index (κ1) is 37.6. The van der Waals surface area contributed by atoms with Crippen LogP contribution in [0.2, 0.25) is 0 Å². The van der Waals surface area contributed by atoms with Gasteiger partial charge in [0.05, 0.1) is 18.8 Å². The average molecular weight is 649 g/mol. The van der Waals surface area contributed by atoms with E-state index < -0.39 is 6.29 Å². The van der Waals surface area contributed by atoms with E-state index in [9.17, 15) is 9.90 Å². The number of unbranched alkanes of at least 4 members (excludes halogenated alkanes) is 12. The summed E-state index contributed by atoms with van der Waals surface area (Å²) in [5, 5.41) is 12.7. The molecule has 3 unspecified atom stereocenters. The van der Waals surface area contributed by atoms with Crippen LogP contribution in [0.4, 0.5) is 5.69 Å². The molecule has 2 aromatic rings. The lowest BCUT2D eigenvalue weighted by atomic mass is 9.99. The summed E-state index contributed by atoms with van der Waals surface area (Å²) < 4.78 is 13.2. The van der Waals surface area contributed by atoms with Crippen LogP contribution in [0, 0.1) is 0 Å². The lowest BCUT2D eigenvalue weighted by Crippen LogP contribution is -2.40. The third-order valence-electron chi connectivity index (χ3n) is 9.98. The van der Waals surface area contributed by atoms with Gasteiger partial charge in [-0.05, 0) is 55.6 Å². The second-order valence-electron chi connectivity index (χ2n) is 14.1. The maximum atomic E-state index is 12.8. The molecule has 6 heteroatoms. The van der Waals surface area contributed by atoms with Gasteiger partial charge >= 0.3 is 0 Å². The van der Waals surface area contributed by atoms with Gasteiger partial charge in [0.15, 0.2) is 6.29 Å². The molecule has 0 saturated carbocycles. The monoisotopic (exact) mass is 648 g/mol. The van der Waals surface area contributed by atoms with Crippen LogP contribution >= 0.6 is 0 Å². The van der Waals surface area contributed by atoms with E-state index in [4.69, 9.17) is 9.47 Å². The van der Waals surface area contributed by atoms with E-state index in [0.29, 0.717) is 6.42 Å². The van der Waals surface area contributed by atoms with Crippen molar-refractivity contribution in [1.29, 1.82) is 0 Å². The molecule has 2 heterocycles. The number of carbonyl (C=O) groups excluding carboxylic acids is 1. The number of nitrogens with one attached hydrogen (secondary N) is 1. The smallest absolute Gasteiger partial charge is 0.224 e. The number of carbonyl (C=O) groups is 1. The van der Waals surface area contributed by atoms with Crippen molar-refractivity contribution >= 4 is 11.6 Å². The van der Waals surface area contributed by atoms with Gasteiger partial charge in [0.1, 0.15) is 0 Å². The second kappa shape index (κ2) is 22.4. The number of nitrogens with zero attached hydrogens (tertiary/aromatic N) is 1. The fraction of sp³-hybridized carbons (Fsp3) is 0.683. The van der Waals surface area contributed by atoms with Gasteiger partial charge in [-0.1, -0.05) is 140 Å². The van der Waals surface area contributed by atoms with Crippen LogP contribution in [0.1, 0.15) is 164 Å². The van der Waals surface area contributed by atoms with Crippen LogP contribution in [0.15, 0.2) is 48.5 Å². The maximum absolute atomic E-state index is 12.8. The van der Waals surface area contributed by atoms with Crippen molar-refractivity contribution < 1.29 is 19.4 Å². The van der Waals surface area contributed by atoms with E-state index in [1.165, 1.54) is 103 Å². The number of anilines is 1. The summed E-state index contributed by atoms with van der Waals surface area (Å²) in [5.41, 5.74) is 3.73. The normalized spacial score (nSPS) is 20.9. The van der Waals surface area contributed by atoms with Gasteiger partial charge in [0, 0.05) is 30.6 Å². The molecule has 2 aliphatic heterocycles. The Morgan fingerprint density at radius 1 is 0.766 bits per heavy atom. The number of rotatable bonds is 20. The van der Waals surface area contributed by atoms with Crippen molar-refractivity contribution in [2.24, 2.45) is 0 Å². The predicted octanol–water partition coefficient (Wildman–Crippen LogP) is 10.4. The molecule has 2 saturated heterocycles. The Morgan fingerprint density at radius 2 is 1.38 bits per heavy atom. The summed E-state index contributed by atoms with van der Waals surface area (Å²) in [7, 11) is 0. The molecule has 6 nitrogen and oxygen atoms in total. The summed E-state index contributed by atoms with van der Waals surface area (Å²) in [5.74, 6) is 0.0764. The number of likely N-dealkylation sites (tertiary alicyclic amines) is 1. The SMILES string of the molecule is CCCCCCCCCCCCCCCC(=O)Nc1cccc(C2OC(CN3CCCCCCC3)CC(c3ccc(CO)cc3)O2)c1. The van der Waals surface area contributed by atoms with Gasteiger partial charge < -0.3 is 24.8 Å². The van der Waals surface area contributed by atoms with Crippen LogP contribution < -0.4 is 5.32 Å². The zero-order chi connectivity index (χ0) is 32.9. The Morgan fingerprint density at radius 3 is 2.02 bits per heavy atom. The van der Waals surface area contributed by atoms with Gasteiger partial charge in [-0.25, -0.2) is 0 Å². The van der Waals surface area contributed by atoms with Crippen molar-refractivity contribution in [2.75, 3.05) is 25.0 Å². The molecule has 1 amide bonds. The average Bonchev–Trinajstić information content (AvgIpc) is 3.08. The molecular weight excluding hydrogens is 584 g/mol. The van der Waals surface area contributed by atoms with Gasteiger partial charge in [-0.15, -0.1) is 0 Å². The molecule has 4 rings (SSSR count). The van der Waals surface area contributed by atoms with Crippen molar-refractivity contribution in [1.82, 2.24) is 4.90 Å². The summed E-state index contributed by atoms with van der Waals surface area (Å²) in [4.78, 5) is 15.4. The summed E-state index contributed by atoms with van der Waals surface area (Å²) in [6, 6.07) is 16.1. The quantitative estimate of drug-likeness (QED) is 0.140. The van der Waals surface area contributed by atoms with E-state index in [0.717, 1.165) is 61.3 Å². The van der Waals surface area contributed by atoms with E-state index in [-0.39, 0.29) is 24.7 Å². The summed E-state index contributed by atoms with van der Waals surface area (Å²) in [6.45, 7) is 5.47. The second-order valence-corrected chi connectivity index (χ2v) is 14.1. The van der Waals surface area contributed by atoms with Gasteiger partial charge in [0.2, 0.25) is 5.91 Å². The number of aliphatic hydroxyl groups excluding tert-OH is 1. The first-order valence-electron chi connectivity index (χ1n) is 19.3. The minimum Gasteiger partial charge on any atom is -0.392 e. The fourth-order valence-corrected chi connectivity index (χ4v) is 7.11. The highest BCUT2D eigenvalue weighted by Crippen LogP contribution is 2.39. The molecule has 47 heavy (non-hydrogen) atoms. The van der Waals surface area contributed by atoms with E-state index >= 15 is 0 Å². The minimum atomic E-state index is -0.510. The third kappa shape index (κ3) is 14.4. The largest absolute Gasteiger partial charge is 0.392 e. The van der Waals surface area contributed by atoms with Crippen molar-refractivity contribution in [3.05, 3.63) is 65.2 Å². The zero-order valence-corrected chi connectivity index (χ0v) is 29.4. The lowest BCUT2D eigenvalue weighted by Gasteiger charge is -2.39. The number of hydrogen-bond acceptors (Lipinski definition) is 5. The number of benzene rings is 2. The van der Waals surface area contributed by atoms with Gasteiger partial charge in [0.25, 0.3) is 0 Å². The highest BCUT2D eigenvalue weighted by Gasteiger charge is 2.33. The topological polar surface area (TPSA) is 71.0 Å². The molecule has 3 atom stereocenters. The Kier molecular flexibility index (Phi) is 17.9. The first-order chi connectivity index (χ1) is 23.1. The zero-order valence-electron chi connectivity index (χ0n) is 29.4. The molecule has 2 N–H and O–H groups in total. The minimum absolute atomic E-state index is 0.0347. The van der Waals surface area contributed by atoms with Gasteiger partial charge in [-0.2, -0.15) is 0 Å². The van der Waals surface area contributed by atoms with E-state index in [1.54, 1.807) is 0 Å². The molecule has 0 aromatic heterocycles. The predicted molar refractivity (Wildman–Crippen MR) is 193 cm³/mol. The number of aliphatic hydroxyl groups is 1. The first-order valence-corrected chi connectivity index (χ1v) is 19.3. The Balaban J connectivity index is 1.23. The molecule has 0 aliphatic carbocycles. The van der Waals surface area contributed by atoms with Gasteiger partial charge in [-0.3, -0.25) is 4.79 Å². The van der Waals surface area contributed by atoms with E-state index in [2.05, 4.69) is 29.3 Å². The van der Waals surface area contributed by atoms with Crippen LogP contribution in [0.3, 0.4) is 0 Å². The third-order valence-corrected chi connectivity index (χ3v) is 9.98. The number of ether oxygens (including phenoxy) is 2. The highest BCUT2D eigenvalue weighted by atomic mass is 16.7. The van der Waals surface area contributed by atoms with Crippen molar-refractivity contribution in [3.8, 4) is 0 Å². The van der Waals surface area contributed by atoms with Crippen LogP contribution in [0.5, 0.6) is 0 Å². The van der Waals surface area contributed by atoms with Crippen molar-refractivity contribution in [2.45, 2.75) is 160 Å². The van der Waals surface area contributed by atoms with Crippen LogP contribution in [-0.2, 0) is 20.9 Å².